The van der Waals surface area contributed by atoms with Crippen molar-refractivity contribution < 1.29 is 0 Å². The van der Waals surface area contributed by atoms with Crippen molar-refractivity contribution >= 4 is 0 Å². The molecule has 3 atom stereocenters. The lowest BCUT2D eigenvalue weighted by Crippen LogP contribution is -2.44. The first-order valence-corrected chi connectivity index (χ1v) is 8.72. The van der Waals surface area contributed by atoms with E-state index < -0.39 is 0 Å². The van der Waals surface area contributed by atoms with Crippen LogP contribution in [0, 0.1) is 18.3 Å². The Hall–Kier alpha value is -0.830. The van der Waals surface area contributed by atoms with Gasteiger partial charge in [-0.2, -0.15) is 0 Å². The van der Waals surface area contributed by atoms with Crippen molar-refractivity contribution in [2.45, 2.75) is 78.8 Å². The zero-order chi connectivity index (χ0) is 15.5. The van der Waals surface area contributed by atoms with E-state index in [1.165, 1.54) is 32.1 Å². The van der Waals surface area contributed by atoms with E-state index in [2.05, 4.69) is 55.7 Å². The molecule has 1 N–H and O–H groups in total. The quantitative estimate of drug-likeness (QED) is 0.845. The average Bonchev–Trinajstić information content (AvgIpc) is 2.91. The Kier molecular flexibility index (Phi) is 5.48. The maximum Gasteiger partial charge on any atom is 0.105 e. The Morgan fingerprint density at radius 1 is 1.33 bits per heavy atom. The summed E-state index contributed by atoms with van der Waals surface area (Å²) in [6, 6.07) is 1.16. The molecule has 3 unspecified atom stereocenters. The average molecular weight is 291 g/mol. The van der Waals surface area contributed by atoms with Gasteiger partial charge in [0.2, 0.25) is 0 Å². The zero-order valence-corrected chi connectivity index (χ0v) is 14.5. The molecule has 1 aromatic heterocycles. The number of rotatable bonds is 6. The SMILES string of the molecule is CCCNC1CCC(C(C)(C)CC)CC1n1ccnc1C. The Morgan fingerprint density at radius 3 is 2.67 bits per heavy atom. The van der Waals surface area contributed by atoms with Gasteiger partial charge in [-0.25, -0.2) is 4.98 Å². The fourth-order valence-electron chi connectivity index (χ4n) is 3.76. The Morgan fingerprint density at radius 2 is 2.10 bits per heavy atom. The van der Waals surface area contributed by atoms with E-state index in [0.717, 1.165) is 18.3 Å². The van der Waals surface area contributed by atoms with Gasteiger partial charge >= 0.3 is 0 Å². The molecule has 0 amide bonds. The molecular formula is C18H33N3. The first kappa shape index (κ1) is 16.5. The van der Waals surface area contributed by atoms with Crippen molar-refractivity contribution in [2.24, 2.45) is 11.3 Å². The Balaban J connectivity index is 2.18. The van der Waals surface area contributed by atoms with Crippen molar-refractivity contribution in [1.29, 1.82) is 0 Å². The van der Waals surface area contributed by atoms with Gasteiger partial charge in [0.25, 0.3) is 0 Å². The standard InChI is InChI=1S/C18H33N3/c1-6-10-20-16-9-8-15(18(4,5)7-2)13-17(16)21-12-11-19-14(21)3/h11-12,15-17,20H,6-10,13H2,1-5H3. The molecule has 120 valence electrons. The number of nitrogens with zero attached hydrogens (tertiary/aromatic N) is 2. The molecule has 2 rings (SSSR count). The summed E-state index contributed by atoms with van der Waals surface area (Å²) in [4.78, 5) is 4.45. The van der Waals surface area contributed by atoms with Crippen LogP contribution in [0.1, 0.15) is 71.7 Å². The summed E-state index contributed by atoms with van der Waals surface area (Å²) >= 11 is 0. The van der Waals surface area contributed by atoms with Gasteiger partial charge < -0.3 is 9.88 Å². The molecule has 0 aromatic carbocycles. The van der Waals surface area contributed by atoms with Gasteiger partial charge in [0.15, 0.2) is 0 Å². The predicted octanol–water partition coefficient (Wildman–Crippen LogP) is 4.34. The fraction of sp³-hybridized carbons (Fsp3) is 0.833. The second-order valence-electron chi connectivity index (χ2n) is 7.36. The number of imidazole rings is 1. The number of aromatic nitrogens is 2. The molecule has 0 aliphatic heterocycles. The number of nitrogens with one attached hydrogen (secondary N) is 1. The Bertz CT molecular complexity index is 435. The normalized spacial score (nSPS) is 27.0. The maximum absolute atomic E-state index is 4.45. The van der Waals surface area contributed by atoms with Crippen molar-refractivity contribution in [1.82, 2.24) is 14.9 Å². The molecular weight excluding hydrogens is 258 g/mol. The molecule has 1 fully saturated rings. The predicted molar refractivity (Wildman–Crippen MR) is 89.5 cm³/mol. The summed E-state index contributed by atoms with van der Waals surface area (Å²) in [7, 11) is 0. The summed E-state index contributed by atoms with van der Waals surface area (Å²) in [5.74, 6) is 1.97. The van der Waals surface area contributed by atoms with Crippen molar-refractivity contribution in [3.05, 3.63) is 18.2 Å². The third-order valence-corrected chi connectivity index (χ3v) is 5.71. The molecule has 0 radical (unpaired) electrons. The van der Waals surface area contributed by atoms with Crippen molar-refractivity contribution in [3.8, 4) is 0 Å². The minimum absolute atomic E-state index is 0.447. The molecule has 1 aliphatic carbocycles. The van der Waals surface area contributed by atoms with E-state index in [1.54, 1.807) is 0 Å². The van der Waals surface area contributed by atoms with Gasteiger partial charge in [-0.1, -0.05) is 34.1 Å². The van der Waals surface area contributed by atoms with Gasteiger partial charge in [0.05, 0.1) is 6.04 Å². The number of hydrogen-bond acceptors (Lipinski definition) is 2. The Labute approximate surface area is 130 Å². The van der Waals surface area contributed by atoms with E-state index in [4.69, 9.17) is 0 Å². The third kappa shape index (κ3) is 3.68. The summed E-state index contributed by atoms with van der Waals surface area (Å²) in [6.07, 6.45) is 10.5. The summed E-state index contributed by atoms with van der Waals surface area (Å²) in [6.45, 7) is 12.7. The monoisotopic (exact) mass is 291 g/mol. The van der Waals surface area contributed by atoms with Crippen LogP contribution in [-0.2, 0) is 0 Å². The minimum atomic E-state index is 0.447. The second kappa shape index (κ2) is 6.95. The highest BCUT2D eigenvalue weighted by molar-refractivity contribution is 5.00. The zero-order valence-electron chi connectivity index (χ0n) is 14.5. The van der Waals surface area contributed by atoms with Gasteiger partial charge in [0, 0.05) is 18.4 Å². The molecule has 3 nitrogen and oxygen atoms in total. The van der Waals surface area contributed by atoms with Crippen LogP contribution < -0.4 is 5.32 Å². The van der Waals surface area contributed by atoms with Gasteiger partial charge in [-0.05, 0) is 50.5 Å². The molecule has 1 saturated carbocycles. The maximum atomic E-state index is 4.45. The molecule has 0 saturated heterocycles. The molecule has 1 aromatic rings. The van der Waals surface area contributed by atoms with Crippen LogP contribution in [0.3, 0.4) is 0 Å². The first-order valence-electron chi connectivity index (χ1n) is 8.72. The molecule has 21 heavy (non-hydrogen) atoms. The van der Waals surface area contributed by atoms with Crippen molar-refractivity contribution in [2.75, 3.05) is 6.54 Å². The molecule has 1 aliphatic rings. The first-order chi connectivity index (χ1) is 9.99. The second-order valence-corrected chi connectivity index (χ2v) is 7.36. The molecule has 1 heterocycles. The summed E-state index contributed by atoms with van der Waals surface area (Å²) < 4.78 is 2.41. The van der Waals surface area contributed by atoms with Crippen LogP contribution in [0.4, 0.5) is 0 Å². The van der Waals surface area contributed by atoms with Gasteiger partial charge in [-0.15, -0.1) is 0 Å². The number of hydrogen-bond donors (Lipinski definition) is 1. The largest absolute Gasteiger partial charge is 0.331 e. The molecule has 0 spiro atoms. The summed E-state index contributed by atoms with van der Waals surface area (Å²) in [5, 5.41) is 3.78. The fourth-order valence-corrected chi connectivity index (χ4v) is 3.76. The van der Waals surface area contributed by atoms with Crippen LogP contribution in [-0.4, -0.2) is 22.1 Å². The van der Waals surface area contributed by atoms with E-state index in [0.29, 0.717) is 17.5 Å². The van der Waals surface area contributed by atoms with E-state index in [1.807, 2.05) is 6.20 Å². The highest BCUT2D eigenvalue weighted by Gasteiger charge is 2.37. The summed E-state index contributed by atoms with van der Waals surface area (Å²) in [5.41, 5.74) is 0.447. The number of aryl methyl sites for hydroxylation is 1. The topological polar surface area (TPSA) is 29.9 Å². The van der Waals surface area contributed by atoms with Crippen LogP contribution in [0.15, 0.2) is 12.4 Å². The smallest absolute Gasteiger partial charge is 0.105 e. The van der Waals surface area contributed by atoms with Crippen LogP contribution in [0.25, 0.3) is 0 Å². The third-order valence-electron chi connectivity index (χ3n) is 5.71. The van der Waals surface area contributed by atoms with Crippen molar-refractivity contribution in [3.63, 3.8) is 0 Å². The molecule has 3 heteroatoms. The molecule has 0 bridgehead atoms. The lowest BCUT2D eigenvalue weighted by atomic mass is 9.67. The van der Waals surface area contributed by atoms with Crippen LogP contribution in [0.2, 0.25) is 0 Å². The lowest BCUT2D eigenvalue weighted by molar-refractivity contribution is 0.100. The minimum Gasteiger partial charge on any atom is -0.331 e. The van der Waals surface area contributed by atoms with E-state index in [9.17, 15) is 0 Å². The van der Waals surface area contributed by atoms with E-state index >= 15 is 0 Å². The van der Waals surface area contributed by atoms with Gasteiger partial charge in [-0.3, -0.25) is 0 Å². The van der Waals surface area contributed by atoms with Crippen LogP contribution >= 0.6 is 0 Å². The van der Waals surface area contributed by atoms with E-state index in [-0.39, 0.29) is 0 Å². The highest BCUT2D eigenvalue weighted by Crippen LogP contribution is 2.44. The highest BCUT2D eigenvalue weighted by atomic mass is 15.1. The van der Waals surface area contributed by atoms with Gasteiger partial charge in [0.1, 0.15) is 5.82 Å². The lowest BCUT2D eigenvalue weighted by Gasteiger charge is -2.44. The van der Waals surface area contributed by atoms with Crippen LogP contribution in [0.5, 0.6) is 0 Å².